The molecule has 2 N–H and O–H groups in total. The van der Waals surface area contributed by atoms with Crippen LogP contribution in [0.1, 0.15) is 29.5 Å². The molecule has 2 aliphatic rings. The molecule has 8 heteroatoms. The molecule has 0 unspecified atom stereocenters. The predicted octanol–water partition coefficient (Wildman–Crippen LogP) is 6.03. The predicted molar refractivity (Wildman–Crippen MR) is 150 cm³/mol. The Labute approximate surface area is 224 Å². The van der Waals surface area contributed by atoms with E-state index in [4.69, 9.17) is 4.74 Å². The summed E-state index contributed by atoms with van der Waals surface area (Å²) in [6.45, 7) is 6.22. The maximum Gasteiger partial charge on any atom is 0.414 e. The quantitative estimate of drug-likeness (QED) is 0.415. The highest BCUT2D eigenvalue weighted by atomic mass is 35.5. The van der Waals surface area contributed by atoms with Crippen LogP contribution in [-0.4, -0.2) is 42.6 Å². The second-order valence-corrected chi connectivity index (χ2v) is 9.65. The molecule has 2 aliphatic heterocycles. The van der Waals surface area contributed by atoms with E-state index in [1.165, 1.54) is 5.56 Å². The van der Waals surface area contributed by atoms with Crippen molar-refractivity contribution in [3.05, 3.63) is 83.4 Å². The minimum atomic E-state index is -0.278. The van der Waals surface area contributed by atoms with Crippen molar-refractivity contribution in [3.63, 3.8) is 0 Å². The number of amides is 2. The van der Waals surface area contributed by atoms with Crippen molar-refractivity contribution >= 4 is 47.2 Å². The van der Waals surface area contributed by atoms with Crippen LogP contribution in [0, 0.1) is 13.8 Å². The number of likely N-dealkylation sites (tertiary alicyclic amines) is 1. The number of rotatable bonds is 6. The third-order valence-electron chi connectivity index (χ3n) is 6.86. The Kier molecular flexibility index (Phi) is 8.36. The number of para-hydroxylation sites is 2. The van der Waals surface area contributed by atoms with E-state index in [2.05, 4.69) is 40.7 Å². The lowest BCUT2D eigenvalue weighted by Crippen LogP contribution is -2.50. The van der Waals surface area contributed by atoms with Gasteiger partial charge in [-0.05, 0) is 57.0 Å². The first-order chi connectivity index (χ1) is 17.5. The van der Waals surface area contributed by atoms with Gasteiger partial charge in [0, 0.05) is 30.4 Å². The highest BCUT2D eigenvalue weighted by Crippen LogP contribution is 2.32. The third-order valence-corrected chi connectivity index (χ3v) is 6.86. The van der Waals surface area contributed by atoms with Crippen LogP contribution in [0.25, 0.3) is 0 Å². The molecule has 0 bridgehead atoms. The summed E-state index contributed by atoms with van der Waals surface area (Å²) < 4.78 is 5.45. The number of anilines is 4. The molecule has 37 heavy (non-hydrogen) atoms. The van der Waals surface area contributed by atoms with Crippen molar-refractivity contribution in [2.45, 2.75) is 39.3 Å². The van der Waals surface area contributed by atoms with Gasteiger partial charge in [-0.3, -0.25) is 14.6 Å². The summed E-state index contributed by atoms with van der Waals surface area (Å²) >= 11 is 0. The van der Waals surface area contributed by atoms with Crippen molar-refractivity contribution in [2.24, 2.45) is 0 Å². The summed E-state index contributed by atoms with van der Waals surface area (Å²) in [6.07, 6.45) is 1.31. The number of halogens is 1. The molecule has 5 rings (SSSR count). The molecular weight excluding hydrogens is 488 g/mol. The molecule has 7 nitrogen and oxygen atoms in total. The molecule has 2 heterocycles. The number of ether oxygens (including phenoxy) is 1. The Bertz CT molecular complexity index is 1260. The maximum absolute atomic E-state index is 12.9. The number of piperidine rings is 1. The van der Waals surface area contributed by atoms with Crippen LogP contribution in [0.15, 0.2) is 66.7 Å². The number of hydrogen-bond donors (Lipinski definition) is 2. The molecule has 3 aromatic carbocycles. The minimum Gasteiger partial charge on any atom is -0.444 e. The first-order valence-electron chi connectivity index (χ1n) is 12.5. The molecule has 194 valence electrons. The number of nitrogens with zero attached hydrogens (tertiary/aromatic N) is 2. The normalized spacial score (nSPS) is 15.8. The van der Waals surface area contributed by atoms with Crippen LogP contribution in [0.4, 0.5) is 27.5 Å². The van der Waals surface area contributed by atoms with E-state index in [1.54, 1.807) is 0 Å². The fraction of sp³-hybridized carbons (Fsp3) is 0.310. The van der Waals surface area contributed by atoms with Gasteiger partial charge in [0.05, 0.1) is 23.6 Å². The molecule has 0 spiro atoms. The highest BCUT2D eigenvalue weighted by Gasteiger charge is 2.34. The Morgan fingerprint density at radius 1 is 0.946 bits per heavy atom. The first-order valence-corrected chi connectivity index (χ1v) is 12.5. The fourth-order valence-corrected chi connectivity index (χ4v) is 4.94. The van der Waals surface area contributed by atoms with E-state index >= 15 is 0 Å². The zero-order valence-corrected chi connectivity index (χ0v) is 22.0. The molecule has 2 amide bonds. The zero-order valence-electron chi connectivity index (χ0n) is 21.2. The van der Waals surface area contributed by atoms with Gasteiger partial charge in [-0.15, -0.1) is 12.4 Å². The van der Waals surface area contributed by atoms with Crippen molar-refractivity contribution in [3.8, 4) is 0 Å². The van der Waals surface area contributed by atoms with Gasteiger partial charge in [0.25, 0.3) is 0 Å². The summed E-state index contributed by atoms with van der Waals surface area (Å²) in [7, 11) is 0. The van der Waals surface area contributed by atoms with Crippen LogP contribution >= 0.6 is 12.4 Å². The topological polar surface area (TPSA) is 73.9 Å². The summed E-state index contributed by atoms with van der Waals surface area (Å²) in [5.74, 6) is -0.0511. The van der Waals surface area contributed by atoms with Crippen LogP contribution in [0.5, 0.6) is 0 Å². The summed E-state index contributed by atoms with van der Waals surface area (Å²) in [5.41, 5.74) is 6.93. The van der Waals surface area contributed by atoms with E-state index < -0.39 is 0 Å². The van der Waals surface area contributed by atoms with E-state index in [1.807, 2.05) is 60.4 Å². The van der Waals surface area contributed by atoms with Crippen molar-refractivity contribution in [1.82, 2.24) is 4.90 Å². The van der Waals surface area contributed by atoms with Gasteiger partial charge in [0.2, 0.25) is 5.91 Å². The molecule has 1 fully saturated rings. The molecule has 0 saturated carbocycles. The number of fused-ring (bicyclic) bond motifs is 1. The van der Waals surface area contributed by atoms with Gasteiger partial charge in [-0.2, -0.15) is 0 Å². The summed E-state index contributed by atoms with van der Waals surface area (Å²) in [6, 6.07) is 22.1. The Balaban J connectivity index is 0.00000320. The lowest BCUT2D eigenvalue weighted by atomic mass is 10.00. The van der Waals surface area contributed by atoms with Gasteiger partial charge in [-0.1, -0.05) is 47.5 Å². The average Bonchev–Trinajstić information content (AvgIpc) is 2.87. The van der Waals surface area contributed by atoms with E-state index in [0.29, 0.717) is 13.2 Å². The van der Waals surface area contributed by atoms with Gasteiger partial charge < -0.3 is 15.4 Å². The van der Waals surface area contributed by atoms with E-state index in [-0.39, 0.29) is 30.4 Å². The number of nitrogens with one attached hydrogen (secondary N) is 2. The smallest absolute Gasteiger partial charge is 0.414 e. The van der Waals surface area contributed by atoms with Crippen molar-refractivity contribution in [1.29, 1.82) is 0 Å². The minimum absolute atomic E-state index is 0. The number of aryl methyl sites for hydroxylation is 2. The SMILES string of the molecule is Cc1ccc(Nc2ccccc2NC(=O)CN2CCC(N3C(=O)OCc4cc(C)ccc43)CC2)cc1.Cl. The summed E-state index contributed by atoms with van der Waals surface area (Å²) in [4.78, 5) is 29.5. The molecular formula is C29H33ClN4O3. The number of carbonyl (C=O) groups is 2. The van der Waals surface area contributed by atoms with Crippen molar-refractivity contribution in [2.75, 3.05) is 35.2 Å². The van der Waals surface area contributed by atoms with Crippen LogP contribution < -0.4 is 15.5 Å². The maximum atomic E-state index is 12.9. The van der Waals surface area contributed by atoms with Crippen LogP contribution in [-0.2, 0) is 16.1 Å². The monoisotopic (exact) mass is 520 g/mol. The van der Waals surface area contributed by atoms with Gasteiger partial charge in [0.15, 0.2) is 0 Å². The molecule has 0 radical (unpaired) electrons. The summed E-state index contributed by atoms with van der Waals surface area (Å²) in [5, 5.41) is 6.45. The van der Waals surface area contributed by atoms with Gasteiger partial charge in [-0.25, -0.2) is 4.79 Å². The number of hydrogen-bond acceptors (Lipinski definition) is 5. The number of carbonyl (C=O) groups excluding carboxylic acids is 2. The zero-order chi connectivity index (χ0) is 25.1. The second kappa shape index (κ2) is 11.7. The Morgan fingerprint density at radius 2 is 1.62 bits per heavy atom. The lowest BCUT2D eigenvalue weighted by molar-refractivity contribution is -0.117. The standard InChI is InChI=1S/C29H32N4O3.ClH/c1-20-7-10-23(11-8-20)30-25-5-3-4-6-26(25)31-28(34)18-32-15-13-24(14-16-32)33-27-12-9-21(2)17-22(27)19-36-29(33)35;/h3-12,17,24,30H,13-16,18-19H2,1-2H3,(H,31,34);1H. The largest absolute Gasteiger partial charge is 0.444 e. The average molecular weight is 521 g/mol. The highest BCUT2D eigenvalue weighted by molar-refractivity contribution is 5.96. The molecule has 0 aliphatic carbocycles. The number of benzene rings is 3. The molecule has 1 saturated heterocycles. The van der Waals surface area contributed by atoms with Crippen molar-refractivity contribution < 1.29 is 14.3 Å². The first kappa shape index (κ1) is 26.5. The molecule has 0 atom stereocenters. The Hall–Kier alpha value is -3.55. The molecule has 0 aromatic heterocycles. The third kappa shape index (κ3) is 6.24. The second-order valence-electron chi connectivity index (χ2n) is 9.65. The Morgan fingerprint density at radius 3 is 2.35 bits per heavy atom. The van der Waals surface area contributed by atoms with Crippen LogP contribution in [0.2, 0.25) is 0 Å². The molecule has 3 aromatic rings. The van der Waals surface area contributed by atoms with E-state index in [9.17, 15) is 9.59 Å². The lowest BCUT2D eigenvalue weighted by Gasteiger charge is -2.40. The van der Waals surface area contributed by atoms with E-state index in [0.717, 1.165) is 59.8 Å². The van der Waals surface area contributed by atoms with Gasteiger partial charge >= 0.3 is 6.09 Å². The van der Waals surface area contributed by atoms with Gasteiger partial charge in [0.1, 0.15) is 6.61 Å². The van der Waals surface area contributed by atoms with Crippen LogP contribution in [0.3, 0.4) is 0 Å². The fourth-order valence-electron chi connectivity index (χ4n) is 4.94. The number of cyclic esters (lactones) is 1.